The van der Waals surface area contributed by atoms with Gasteiger partial charge in [0.15, 0.2) is 5.95 Å². The number of aromatic nitrogens is 3. The number of sulfonamides is 1. The number of anilines is 1. The molecule has 11 N–H and O–H groups in total. The molecule has 2 aromatic carbocycles. The summed E-state index contributed by atoms with van der Waals surface area (Å²) in [4.78, 5) is 115. The molecule has 2 aromatic heterocycles. The molecule has 0 bridgehead atoms. The first-order valence-electron chi connectivity index (χ1n) is 24.8. The van der Waals surface area contributed by atoms with Gasteiger partial charge in [0.25, 0.3) is 16.0 Å². The first kappa shape index (κ1) is 66.0. The van der Waals surface area contributed by atoms with Crippen LogP contribution in [0.3, 0.4) is 0 Å². The van der Waals surface area contributed by atoms with E-state index in [-0.39, 0.29) is 121 Å². The van der Waals surface area contributed by atoms with E-state index in [2.05, 4.69) is 36.0 Å². The molecular formula is C48H66InN12O17S2+3. The average molecular weight is 1260 g/mol. The number of amides is 3. The van der Waals surface area contributed by atoms with Crippen LogP contribution in [0.2, 0.25) is 0 Å². The van der Waals surface area contributed by atoms with Gasteiger partial charge in [-0.25, -0.2) is 13.4 Å². The fourth-order valence-corrected chi connectivity index (χ4v) is 11.3. The van der Waals surface area contributed by atoms with Gasteiger partial charge in [-0.2, -0.15) is 13.1 Å². The van der Waals surface area contributed by atoms with Crippen LogP contribution < -0.4 is 31.4 Å². The Labute approximate surface area is 479 Å². The fraction of sp³-hybridized carbons (Fsp3) is 0.479. The second-order valence-electron chi connectivity index (χ2n) is 19.0. The van der Waals surface area contributed by atoms with Crippen LogP contribution >= 0.6 is 0 Å². The molecular weight excluding hydrogens is 1200 g/mol. The monoisotopic (exact) mass is 1260 g/mol. The summed E-state index contributed by atoms with van der Waals surface area (Å²) in [6, 6.07) is 4.29. The second-order valence-corrected chi connectivity index (χ2v) is 22.1. The number of H-pyrrole nitrogens is 1. The molecule has 432 valence electrons. The number of fused-ring (bicyclic) bond motifs is 1. The number of aromatic amines is 1. The largest absolute Gasteiger partial charge is 3.00 e. The Hall–Kier alpha value is -6.52. The third-order valence-electron chi connectivity index (χ3n) is 12.6. The zero-order valence-corrected chi connectivity index (χ0v) is 49.1. The number of carboxylic acid groups (broad SMARTS) is 4. The van der Waals surface area contributed by atoms with E-state index in [0.717, 1.165) is 5.56 Å². The number of carboxylic acids is 4. The van der Waals surface area contributed by atoms with E-state index in [1.807, 2.05) is 0 Å². The molecule has 0 aliphatic carbocycles. The van der Waals surface area contributed by atoms with Gasteiger partial charge in [-0.15, -0.1) is 0 Å². The third-order valence-corrected chi connectivity index (χ3v) is 15.1. The zero-order valence-electron chi connectivity index (χ0n) is 44.2. The standard InChI is InChI=1S/C48H66N12O17S2.In/c1-30-19-31(2)44(32(3)20-30)79(76,77)55-36(47(71)72)23-52-45(69)35-24-60(38-21-33(5-6-34(38)43(35)68)22-53-48-50-8-9-51-48)10-4-7-49-46(70)37(29-78(73,74)75)54-39(61)25-56-11-13-57(26-40(62)63)15-17-59(28-42(66)67)18-16-58(14-12-56)27-41(64)65;/h5-6,8-9,19-21,24,36-37,55H,4,7,10-18,22-23,25-29H2,1-3H3,(H,49,70)(H,52,69)(H,54,61)(H,62,63)(H,64,65)(H,66,67)(H,71,72)(H2,50,51,53)(H,73,74,75);/q;+3. The van der Waals surface area contributed by atoms with Crippen molar-refractivity contribution in [2.45, 2.75) is 57.3 Å². The van der Waals surface area contributed by atoms with Crippen molar-refractivity contribution in [1.82, 2.24) is 54.8 Å². The Morgan fingerprint density at radius 3 is 1.76 bits per heavy atom. The van der Waals surface area contributed by atoms with E-state index < -0.39 is 117 Å². The number of aryl methyl sites for hydroxylation is 4. The number of hydrogen-bond donors (Lipinski definition) is 11. The number of imidazole rings is 1. The van der Waals surface area contributed by atoms with Crippen molar-refractivity contribution >= 4 is 104 Å². The van der Waals surface area contributed by atoms with Gasteiger partial charge >= 0.3 is 49.7 Å². The summed E-state index contributed by atoms with van der Waals surface area (Å²) in [5.41, 5.74) is 1.30. The summed E-state index contributed by atoms with van der Waals surface area (Å²) in [5, 5.41) is 48.9. The molecule has 1 saturated heterocycles. The third kappa shape index (κ3) is 20.9. The van der Waals surface area contributed by atoms with Crippen molar-refractivity contribution < 1.29 is 75.4 Å². The Morgan fingerprint density at radius 2 is 1.27 bits per heavy atom. The van der Waals surface area contributed by atoms with Gasteiger partial charge in [-0.1, -0.05) is 23.8 Å². The number of pyridine rings is 1. The number of carbonyl (C=O) groups excluding carboxylic acids is 3. The molecule has 0 saturated carbocycles. The minimum Gasteiger partial charge on any atom is -0.480 e. The fourth-order valence-electron chi connectivity index (χ4n) is 8.95. The zero-order chi connectivity index (χ0) is 58.2. The Bertz CT molecular complexity index is 3110. The molecule has 2 unspecified atom stereocenters. The van der Waals surface area contributed by atoms with E-state index in [1.165, 1.54) is 32.8 Å². The van der Waals surface area contributed by atoms with Gasteiger partial charge in [0.2, 0.25) is 27.3 Å². The van der Waals surface area contributed by atoms with Crippen molar-refractivity contribution in [3.63, 3.8) is 0 Å². The summed E-state index contributed by atoms with van der Waals surface area (Å²) in [7, 11) is -9.34. The molecule has 1 aliphatic rings. The van der Waals surface area contributed by atoms with Crippen LogP contribution in [-0.4, -0.2) is 253 Å². The molecule has 0 radical (unpaired) electrons. The molecule has 29 nitrogen and oxygen atoms in total. The van der Waals surface area contributed by atoms with Crippen molar-refractivity contribution in [1.29, 1.82) is 0 Å². The normalized spacial score (nSPS) is 15.3. The van der Waals surface area contributed by atoms with Crippen LogP contribution in [0.5, 0.6) is 0 Å². The van der Waals surface area contributed by atoms with Crippen LogP contribution in [-0.2, 0) is 62.0 Å². The van der Waals surface area contributed by atoms with Gasteiger partial charge in [0.05, 0.1) is 36.6 Å². The predicted molar refractivity (Wildman–Crippen MR) is 289 cm³/mol. The number of aliphatic carboxylic acids is 4. The number of nitrogens with zero attached hydrogens (tertiary/aromatic N) is 6. The second kappa shape index (κ2) is 30.3. The van der Waals surface area contributed by atoms with Gasteiger partial charge in [0.1, 0.15) is 23.4 Å². The summed E-state index contributed by atoms with van der Waals surface area (Å²) in [5.74, 6) is -8.84. The molecule has 80 heavy (non-hydrogen) atoms. The van der Waals surface area contributed by atoms with Crippen molar-refractivity contribution in [2.75, 3.05) is 103 Å². The maximum Gasteiger partial charge on any atom is 3.00 e. The van der Waals surface area contributed by atoms with E-state index in [1.54, 1.807) is 61.0 Å². The van der Waals surface area contributed by atoms with Crippen LogP contribution in [0, 0.1) is 20.8 Å². The molecule has 3 heterocycles. The van der Waals surface area contributed by atoms with Gasteiger partial charge in [-0.05, 0) is 56.0 Å². The van der Waals surface area contributed by atoms with E-state index in [4.69, 9.17) is 0 Å². The maximum absolute atomic E-state index is 14.0. The van der Waals surface area contributed by atoms with E-state index in [0.29, 0.717) is 28.2 Å². The van der Waals surface area contributed by atoms with Crippen LogP contribution in [0.15, 0.2) is 58.6 Å². The number of rotatable bonds is 26. The summed E-state index contributed by atoms with van der Waals surface area (Å²) in [6.07, 6.45) is 4.39. The first-order valence-corrected chi connectivity index (χ1v) is 27.8. The molecule has 1 aliphatic heterocycles. The van der Waals surface area contributed by atoms with Crippen LogP contribution in [0.25, 0.3) is 10.9 Å². The van der Waals surface area contributed by atoms with Gasteiger partial charge in [-0.3, -0.25) is 62.5 Å². The van der Waals surface area contributed by atoms with E-state index in [9.17, 15) is 80.2 Å². The van der Waals surface area contributed by atoms with E-state index >= 15 is 0 Å². The molecule has 1 fully saturated rings. The van der Waals surface area contributed by atoms with Crippen LogP contribution in [0.4, 0.5) is 5.95 Å². The molecule has 0 spiro atoms. The molecule has 32 heteroatoms. The quantitative estimate of drug-likeness (QED) is 0.0227. The van der Waals surface area contributed by atoms with Crippen molar-refractivity contribution in [2.24, 2.45) is 0 Å². The predicted octanol–water partition coefficient (Wildman–Crippen LogP) is -2.60. The molecule has 3 amide bonds. The number of hydrogen-bond acceptors (Lipinski definition) is 18. The minimum absolute atomic E-state index is 0. The molecule has 2 atom stereocenters. The average Bonchev–Trinajstić information content (AvgIpc) is 3.87. The van der Waals surface area contributed by atoms with Gasteiger partial charge in [0, 0.05) is 103 Å². The van der Waals surface area contributed by atoms with Gasteiger partial charge < -0.3 is 51.2 Å². The Balaban J connectivity index is 0.0000138. The molecule has 4 aromatic rings. The summed E-state index contributed by atoms with van der Waals surface area (Å²) in [6.45, 7) is 3.00. The smallest absolute Gasteiger partial charge is 0.480 e. The van der Waals surface area contributed by atoms with Crippen molar-refractivity contribution in [3.8, 4) is 0 Å². The summed E-state index contributed by atoms with van der Waals surface area (Å²) < 4.78 is 64.7. The maximum atomic E-state index is 14.0. The molecule has 5 rings (SSSR count). The van der Waals surface area contributed by atoms with Crippen LogP contribution in [0.1, 0.15) is 39.0 Å². The Morgan fingerprint density at radius 1 is 0.738 bits per heavy atom. The van der Waals surface area contributed by atoms with Crippen molar-refractivity contribution in [3.05, 3.63) is 87.0 Å². The SMILES string of the molecule is Cc1cc(C)c(S(=O)(=O)NC(CNC(=O)c2cn(CCCNC(=O)C(CS(=O)(=O)O)NC(=O)CN3CCN(CC(=O)O)CCN(CC(=O)O)CCN(CC(=O)O)CC3)c3cc(CNc4ncc[nH]4)ccc3c2=O)C(=O)O)c(C)c1.[In+3]. The topological polar surface area (TPSA) is 413 Å². The Kier molecular flexibility index (Phi) is 25.0. The minimum atomic E-state index is -4.91. The number of carbonyl (C=O) groups is 7. The number of nitrogens with one attached hydrogen (secondary N) is 6. The number of benzene rings is 2. The first-order chi connectivity index (χ1) is 37.2. The summed E-state index contributed by atoms with van der Waals surface area (Å²) >= 11 is 0.